The van der Waals surface area contributed by atoms with Gasteiger partial charge in [-0.1, -0.05) is 5.16 Å². The average Bonchev–Trinajstić information content (AvgIpc) is 3.31. The van der Waals surface area contributed by atoms with Crippen molar-refractivity contribution < 1.29 is 14.7 Å². The summed E-state index contributed by atoms with van der Waals surface area (Å²) in [7, 11) is 1.61. The van der Waals surface area contributed by atoms with Crippen LogP contribution in [0.5, 0.6) is 0 Å². The van der Waals surface area contributed by atoms with Gasteiger partial charge in [0.25, 0.3) is 5.91 Å². The van der Waals surface area contributed by atoms with Crippen LogP contribution >= 0.6 is 0 Å². The Balaban J connectivity index is 2.10. The van der Waals surface area contributed by atoms with Gasteiger partial charge in [-0.3, -0.25) is 9.78 Å². The van der Waals surface area contributed by atoms with Crippen molar-refractivity contribution in [3.63, 3.8) is 0 Å². The standard InChI is InChI=1S/C13H18N4O3/c1-20-7-6-17(10-3-4-10)13(18)11-5-2-9(8-15-11)12(14)16-19/h2,5,8,10,19H,3-4,6-7H2,1H3,(H2,14,16). The molecule has 2 rings (SSSR count). The van der Waals surface area contributed by atoms with E-state index in [-0.39, 0.29) is 11.7 Å². The number of oxime groups is 1. The maximum Gasteiger partial charge on any atom is 0.272 e. The molecule has 0 unspecified atom stereocenters. The van der Waals surface area contributed by atoms with Crippen molar-refractivity contribution in [1.29, 1.82) is 0 Å². The van der Waals surface area contributed by atoms with Gasteiger partial charge in [-0.25, -0.2) is 0 Å². The van der Waals surface area contributed by atoms with E-state index < -0.39 is 0 Å². The highest BCUT2D eigenvalue weighted by molar-refractivity contribution is 5.98. The Morgan fingerprint density at radius 1 is 1.60 bits per heavy atom. The summed E-state index contributed by atoms with van der Waals surface area (Å²) >= 11 is 0. The largest absolute Gasteiger partial charge is 0.409 e. The molecular weight excluding hydrogens is 260 g/mol. The first-order valence-electron chi connectivity index (χ1n) is 6.41. The summed E-state index contributed by atoms with van der Waals surface area (Å²) in [6.07, 6.45) is 3.47. The molecule has 1 aromatic rings. The molecule has 0 spiro atoms. The number of carbonyl (C=O) groups excluding carboxylic acids is 1. The number of hydrogen-bond donors (Lipinski definition) is 2. The molecule has 1 aliphatic rings. The smallest absolute Gasteiger partial charge is 0.272 e. The van der Waals surface area contributed by atoms with Gasteiger partial charge in [0.15, 0.2) is 5.84 Å². The molecule has 1 aromatic heterocycles. The third-order valence-corrected chi connectivity index (χ3v) is 3.17. The lowest BCUT2D eigenvalue weighted by Gasteiger charge is -2.21. The fourth-order valence-corrected chi connectivity index (χ4v) is 1.90. The number of methoxy groups -OCH3 is 1. The molecule has 3 N–H and O–H groups in total. The Morgan fingerprint density at radius 2 is 2.35 bits per heavy atom. The van der Waals surface area contributed by atoms with Crippen LogP contribution in [0.25, 0.3) is 0 Å². The fraction of sp³-hybridized carbons (Fsp3) is 0.462. The van der Waals surface area contributed by atoms with Crippen LogP contribution in [-0.2, 0) is 4.74 Å². The first-order valence-corrected chi connectivity index (χ1v) is 6.41. The summed E-state index contributed by atoms with van der Waals surface area (Å²) in [5.74, 6) is -0.148. The van der Waals surface area contributed by atoms with E-state index in [4.69, 9.17) is 15.7 Å². The second-order valence-electron chi connectivity index (χ2n) is 4.64. The molecule has 0 radical (unpaired) electrons. The van der Waals surface area contributed by atoms with Crippen molar-refractivity contribution in [2.24, 2.45) is 10.9 Å². The van der Waals surface area contributed by atoms with Crippen molar-refractivity contribution in [2.45, 2.75) is 18.9 Å². The maximum absolute atomic E-state index is 12.4. The van der Waals surface area contributed by atoms with Crippen LogP contribution < -0.4 is 5.73 Å². The molecule has 0 bridgehead atoms. The average molecular weight is 278 g/mol. The van der Waals surface area contributed by atoms with Crippen LogP contribution in [0.15, 0.2) is 23.5 Å². The highest BCUT2D eigenvalue weighted by Gasteiger charge is 2.33. The zero-order valence-electron chi connectivity index (χ0n) is 11.3. The van der Waals surface area contributed by atoms with E-state index in [1.165, 1.54) is 6.20 Å². The monoisotopic (exact) mass is 278 g/mol. The van der Waals surface area contributed by atoms with Crippen LogP contribution in [0.4, 0.5) is 0 Å². The van der Waals surface area contributed by atoms with Crippen LogP contribution in [0, 0.1) is 0 Å². The number of nitrogens with two attached hydrogens (primary N) is 1. The zero-order valence-corrected chi connectivity index (χ0v) is 11.3. The molecule has 20 heavy (non-hydrogen) atoms. The highest BCUT2D eigenvalue weighted by atomic mass is 16.5. The zero-order chi connectivity index (χ0) is 14.5. The van der Waals surface area contributed by atoms with E-state index in [0.29, 0.717) is 30.5 Å². The molecule has 0 aromatic carbocycles. The van der Waals surface area contributed by atoms with Crippen LogP contribution in [-0.4, -0.2) is 53.1 Å². The van der Waals surface area contributed by atoms with E-state index in [2.05, 4.69) is 10.1 Å². The summed E-state index contributed by atoms with van der Waals surface area (Å²) in [6.45, 7) is 1.06. The number of hydrogen-bond acceptors (Lipinski definition) is 5. The summed E-state index contributed by atoms with van der Waals surface area (Å²) < 4.78 is 5.03. The maximum atomic E-state index is 12.4. The van der Waals surface area contributed by atoms with Gasteiger partial charge < -0.3 is 20.6 Å². The van der Waals surface area contributed by atoms with E-state index in [9.17, 15) is 4.79 Å². The third-order valence-electron chi connectivity index (χ3n) is 3.17. The summed E-state index contributed by atoms with van der Waals surface area (Å²) in [5.41, 5.74) is 6.27. The van der Waals surface area contributed by atoms with E-state index >= 15 is 0 Å². The Labute approximate surface area is 117 Å². The molecule has 7 heteroatoms. The Kier molecular flexibility index (Phi) is 4.52. The van der Waals surface area contributed by atoms with E-state index in [0.717, 1.165) is 12.8 Å². The SMILES string of the molecule is COCCN(C(=O)c1ccc(C(N)=NO)cn1)C1CC1. The Morgan fingerprint density at radius 3 is 2.85 bits per heavy atom. The normalized spacial score (nSPS) is 15.2. The summed E-state index contributed by atoms with van der Waals surface area (Å²) in [5, 5.41) is 11.5. The number of pyridine rings is 1. The van der Waals surface area contributed by atoms with Gasteiger partial charge >= 0.3 is 0 Å². The quantitative estimate of drug-likeness (QED) is 0.340. The van der Waals surface area contributed by atoms with Crippen LogP contribution in [0.1, 0.15) is 28.9 Å². The molecule has 0 saturated heterocycles. The molecule has 7 nitrogen and oxygen atoms in total. The van der Waals surface area contributed by atoms with Gasteiger partial charge in [-0.15, -0.1) is 0 Å². The van der Waals surface area contributed by atoms with Crippen molar-refractivity contribution >= 4 is 11.7 Å². The number of nitrogens with zero attached hydrogens (tertiary/aromatic N) is 3. The molecule has 0 atom stereocenters. The minimum Gasteiger partial charge on any atom is -0.409 e. The lowest BCUT2D eigenvalue weighted by molar-refractivity contribution is 0.0674. The molecule has 1 fully saturated rings. The number of amides is 1. The number of amidine groups is 1. The molecule has 1 aliphatic carbocycles. The van der Waals surface area contributed by atoms with E-state index in [1.807, 2.05) is 0 Å². The highest BCUT2D eigenvalue weighted by Crippen LogP contribution is 2.27. The van der Waals surface area contributed by atoms with Gasteiger partial charge in [0.05, 0.1) is 6.61 Å². The Hall–Kier alpha value is -2.15. The molecule has 1 amide bonds. The minimum atomic E-state index is -0.115. The second-order valence-corrected chi connectivity index (χ2v) is 4.64. The van der Waals surface area contributed by atoms with Crippen LogP contribution in [0.3, 0.4) is 0 Å². The number of aromatic nitrogens is 1. The third kappa shape index (κ3) is 3.24. The summed E-state index contributed by atoms with van der Waals surface area (Å²) in [6, 6.07) is 3.48. The molecular formula is C13H18N4O3. The topological polar surface area (TPSA) is 101 Å². The lowest BCUT2D eigenvalue weighted by atomic mass is 10.2. The lowest BCUT2D eigenvalue weighted by Crippen LogP contribution is -2.36. The first-order chi connectivity index (χ1) is 9.67. The van der Waals surface area contributed by atoms with Crippen molar-refractivity contribution in [3.8, 4) is 0 Å². The number of carbonyl (C=O) groups is 1. The van der Waals surface area contributed by atoms with Gasteiger partial charge in [0, 0.05) is 31.5 Å². The van der Waals surface area contributed by atoms with Crippen LogP contribution in [0.2, 0.25) is 0 Å². The number of rotatable bonds is 6. The first kappa shape index (κ1) is 14.3. The second kappa shape index (κ2) is 6.33. The predicted octanol–water partition coefficient (Wildman–Crippen LogP) is 0.427. The Bertz CT molecular complexity index is 497. The van der Waals surface area contributed by atoms with Crippen molar-refractivity contribution in [2.75, 3.05) is 20.3 Å². The van der Waals surface area contributed by atoms with Gasteiger partial charge in [-0.2, -0.15) is 0 Å². The van der Waals surface area contributed by atoms with Crippen molar-refractivity contribution in [1.82, 2.24) is 9.88 Å². The predicted molar refractivity (Wildman–Crippen MR) is 72.7 cm³/mol. The van der Waals surface area contributed by atoms with Gasteiger partial charge in [0.2, 0.25) is 0 Å². The minimum absolute atomic E-state index is 0.0325. The molecule has 1 heterocycles. The van der Waals surface area contributed by atoms with E-state index in [1.54, 1.807) is 24.1 Å². The molecule has 0 aliphatic heterocycles. The van der Waals surface area contributed by atoms with Gasteiger partial charge in [-0.05, 0) is 25.0 Å². The molecule has 1 saturated carbocycles. The summed E-state index contributed by atoms with van der Waals surface area (Å²) in [4.78, 5) is 18.2. The fourth-order valence-electron chi connectivity index (χ4n) is 1.90. The van der Waals surface area contributed by atoms with Crippen molar-refractivity contribution in [3.05, 3.63) is 29.6 Å². The number of ether oxygens (including phenoxy) is 1. The molecule has 108 valence electrons. The van der Waals surface area contributed by atoms with Gasteiger partial charge in [0.1, 0.15) is 5.69 Å².